The van der Waals surface area contributed by atoms with Gasteiger partial charge in [-0.05, 0) is 11.5 Å². The van der Waals surface area contributed by atoms with Crippen molar-refractivity contribution in [2.24, 2.45) is 5.73 Å². The van der Waals surface area contributed by atoms with Crippen molar-refractivity contribution in [2.45, 2.75) is 24.7 Å². The maximum Gasteiger partial charge on any atom is 0.128 e. The van der Waals surface area contributed by atoms with Gasteiger partial charge in [0.05, 0.1) is 0 Å². The van der Waals surface area contributed by atoms with Gasteiger partial charge in [0.2, 0.25) is 0 Å². The van der Waals surface area contributed by atoms with Crippen LogP contribution in [0.5, 0.6) is 5.75 Å². The molecular formula is C15H17NO2. The van der Waals surface area contributed by atoms with Crippen LogP contribution in [0.2, 0.25) is 0 Å². The third-order valence-corrected chi connectivity index (χ3v) is 3.59. The summed E-state index contributed by atoms with van der Waals surface area (Å²) < 4.78 is 11.4. The van der Waals surface area contributed by atoms with Crippen LogP contribution in [0.4, 0.5) is 0 Å². The van der Waals surface area contributed by atoms with Crippen molar-refractivity contribution >= 4 is 10.8 Å². The Balaban J connectivity index is 1.87. The second-order valence-electron chi connectivity index (χ2n) is 4.73. The zero-order valence-corrected chi connectivity index (χ0v) is 10.4. The normalized spacial score (nSPS) is 26.9. The lowest BCUT2D eigenvalue weighted by atomic mass is 9.86. The zero-order chi connectivity index (χ0) is 12.5. The van der Waals surface area contributed by atoms with Gasteiger partial charge in [-0.15, -0.1) is 0 Å². The Morgan fingerprint density at radius 3 is 2.67 bits per heavy atom. The number of ether oxygens (including phenoxy) is 2. The van der Waals surface area contributed by atoms with Gasteiger partial charge in [0.1, 0.15) is 18.0 Å². The first-order chi connectivity index (χ1) is 8.79. The number of methoxy groups -OCH3 is 1. The second-order valence-corrected chi connectivity index (χ2v) is 4.73. The summed E-state index contributed by atoms with van der Waals surface area (Å²) >= 11 is 0. The molecule has 1 fully saturated rings. The molecule has 0 amide bonds. The van der Waals surface area contributed by atoms with Crippen molar-refractivity contribution in [2.75, 3.05) is 7.11 Å². The van der Waals surface area contributed by atoms with Crippen LogP contribution in [-0.2, 0) is 4.74 Å². The standard InChI is InChI=1S/C15H17NO2/c1-17-15-12(16)9-14(15)18-13-8-4-6-10-5-2-3-7-11(10)13/h2-8,12,14-15H,9,16H2,1H3. The van der Waals surface area contributed by atoms with E-state index in [2.05, 4.69) is 18.2 Å². The molecule has 3 atom stereocenters. The summed E-state index contributed by atoms with van der Waals surface area (Å²) in [6, 6.07) is 14.4. The molecule has 0 bridgehead atoms. The quantitative estimate of drug-likeness (QED) is 0.899. The van der Waals surface area contributed by atoms with E-state index in [0.29, 0.717) is 0 Å². The molecule has 2 aromatic carbocycles. The fraction of sp³-hybridized carbons (Fsp3) is 0.333. The van der Waals surface area contributed by atoms with Gasteiger partial charge in [0, 0.05) is 25.0 Å². The van der Waals surface area contributed by atoms with Crippen molar-refractivity contribution in [3.63, 3.8) is 0 Å². The van der Waals surface area contributed by atoms with Gasteiger partial charge in [0.25, 0.3) is 0 Å². The molecule has 0 saturated heterocycles. The van der Waals surface area contributed by atoms with E-state index in [9.17, 15) is 0 Å². The van der Waals surface area contributed by atoms with Crippen molar-refractivity contribution < 1.29 is 9.47 Å². The monoisotopic (exact) mass is 243 g/mol. The molecule has 1 saturated carbocycles. The lowest BCUT2D eigenvalue weighted by Crippen LogP contribution is -2.59. The van der Waals surface area contributed by atoms with Crippen LogP contribution in [-0.4, -0.2) is 25.4 Å². The molecule has 1 aliphatic rings. The SMILES string of the molecule is COC1C(N)CC1Oc1cccc2ccccc12. The van der Waals surface area contributed by atoms with E-state index < -0.39 is 0 Å². The summed E-state index contributed by atoms with van der Waals surface area (Å²) in [6.07, 6.45) is 0.918. The summed E-state index contributed by atoms with van der Waals surface area (Å²) in [5.74, 6) is 0.909. The van der Waals surface area contributed by atoms with Crippen molar-refractivity contribution in [1.82, 2.24) is 0 Å². The van der Waals surface area contributed by atoms with E-state index in [1.807, 2.05) is 24.3 Å². The summed E-state index contributed by atoms with van der Waals surface area (Å²) in [5, 5.41) is 2.32. The molecule has 94 valence electrons. The molecule has 3 heteroatoms. The number of rotatable bonds is 3. The van der Waals surface area contributed by atoms with Crippen LogP contribution in [0, 0.1) is 0 Å². The highest BCUT2D eigenvalue weighted by Crippen LogP contribution is 2.31. The van der Waals surface area contributed by atoms with Crippen LogP contribution in [0.25, 0.3) is 10.8 Å². The number of fused-ring (bicyclic) bond motifs is 1. The van der Waals surface area contributed by atoms with Crippen LogP contribution in [0.15, 0.2) is 42.5 Å². The van der Waals surface area contributed by atoms with Gasteiger partial charge in [-0.2, -0.15) is 0 Å². The molecule has 3 nitrogen and oxygen atoms in total. The highest BCUT2D eigenvalue weighted by atomic mass is 16.5. The Labute approximate surface area is 106 Å². The van der Waals surface area contributed by atoms with Gasteiger partial charge in [0.15, 0.2) is 0 Å². The fourth-order valence-electron chi connectivity index (χ4n) is 2.52. The summed E-state index contributed by atoms with van der Waals surface area (Å²) in [7, 11) is 1.68. The van der Waals surface area contributed by atoms with E-state index >= 15 is 0 Å². The Hall–Kier alpha value is -1.58. The molecule has 0 aromatic heterocycles. The second kappa shape index (κ2) is 4.59. The third kappa shape index (κ3) is 1.85. The van der Waals surface area contributed by atoms with E-state index in [1.165, 1.54) is 5.39 Å². The summed E-state index contributed by atoms with van der Waals surface area (Å²) in [5.41, 5.74) is 5.88. The van der Waals surface area contributed by atoms with Crippen LogP contribution in [0.3, 0.4) is 0 Å². The van der Waals surface area contributed by atoms with Crippen molar-refractivity contribution in [1.29, 1.82) is 0 Å². The van der Waals surface area contributed by atoms with Gasteiger partial charge in [-0.25, -0.2) is 0 Å². The van der Waals surface area contributed by atoms with E-state index in [4.69, 9.17) is 15.2 Å². The number of nitrogens with two attached hydrogens (primary N) is 1. The Morgan fingerprint density at radius 1 is 1.11 bits per heavy atom. The molecule has 0 radical (unpaired) electrons. The summed E-state index contributed by atoms with van der Waals surface area (Å²) in [6.45, 7) is 0. The first-order valence-corrected chi connectivity index (χ1v) is 6.22. The molecule has 1 aliphatic carbocycles. The molecule has 0 aliphatic heterocycles. The highest BCUT2D eigenvalue weighted by Gasteiger charge is 2.41. The fourth-order valence-corrected chi connectivity index (χ4v) is 2.52. The molecule has 0 heterocycles. The minimum Gasteiger partial charge on any atom is -0.487 e. The highest BCUT2D eigenvalue weighted by molar-refractivity contribution is 5.88. The lowest BCUT2D eigenvalue weighted by Gasteiger charge is -2.41. The largest absolute Gasteiger partial charge is 0.487 e. The first kappa shape index (κ1) is 11.5. The number of benzene rings is 2. The molecular weight excluding hydrogens is 226 g/mol. The smallest absolute Gasteiger partial charge is 0.128 e. The van der Waals surface area contributed by atoms with Gasteiger partial charge >= 0.3 is 0 Å². The summed E-state index contributed by atoms with van der Waals surface area (Å²) in [4.78, 5) is 0. The van der Waals surface area contributed by atoms with Crippen LogP contribution >= 0.6 is 0 Å². The van der Waals surface area contributed by atoms with Gasteiger partial charge in [-0.1, -0.05) is 36.4 Å². The predicted molar refractivity (Wildman–Crippen MR) is 71.8 cm³/mol. The topological polar surface area (TPSA) is 44.5 Å². The Kier molecular flexibility index (Phi) is 2.94. The van der Waals surface area contributed by atoms with Gasteiger partial charge < -0.3 is 15.2 Å². The minimum atomic E-state index is 0.00367. The molecule has 2 aromatic rings. The molecule has 3 rings (SSSR count). The average molecular weight is 243 g/mol. The Bertz CT molecular complexity index is 550. The van der Waals surface area contributed by atoms with E-state index in [-0.39, 0.29) is 18.2 Å². The lowest BCUT2D eigenvalue weighted by molar-refractivity contribution is -0.0776. The minimum absolute atomic E-state index is 0.00367. The molecule has 18 heavy (non-hydrogen) atoms. The average Bonchev–Trinajstić information content (AvgIpc) is 2.39. The molecule has 2 N–H and O–H groups in total. The zero-order valence-electron chi connectivity index (χ0n) is 10.4. The molecule has 3 unspecified atom stereocenters. The first-order valence-electron chi connectivity index (χ1n) is 6.22. The number of hydrogen-bond donors (Lipinski definition) is 1. The van der Waals surface area contributed by atoms with Crippen molar-refractivity contribution in [3.05, 3.63) is 42.5 Å². The number of hydrogen-bond acceptors (Lipinski definition) is 3. The van der Waals surface area contributed by atoms with Crippen LogP contribution in [0.1, 0.15) is 6.42 Å². The van der Waals surface area contributed by atoms with E-state index in [0.717, 1.165) is 17.6 Å². The maximum atomic E-state index is 6.03. The Morgan fingerprint density at radius 2 is 1.89 bits per heavy atom. The predicted octanol–water partition coefficient (Wildman–Crippen LogP) is 2.33. The third-order valence-electron chi connectivity index (χ3n) is 3.59. The maximum absolute atomic E-state index is 6.03. The van der Waals surface area contributed by atoms with E-state index in [1.54, 1.807) is 7.11 Å². The van der Waals surface area contributed by atoms with Crippen molar-refractivity contribution in [3.8, 4) is 5.75 Å². The van der Waals surface area contributed by atoms with Crippen LogP contribution < -0.4 is 10.5 Å². The van der Waals surface area contributed by atoms with Gasteiger partial charge in [-0.3, -0.25) is 0 Å². The molecule has 0 spiro atoms.